The van der Waals surface area contributed by atoms with Gasteiger partial charge in [-0.25, -0.2) is 9.13 Å². The van der Waals surface area contributed by atoms with Gasteiger partial charge in [0.2, 0.25) is 0 Å². The molecule has 0 spiro atoms. The van der Waals surface area contributed by atoms with Gasteiger partial charge in [0.1, 0.15) is 36.6 Å². The van der Waals surface area contributed by atoms with Crippen LogP contribution in [0.15, 0.2) is 0 Å². The molecule has 0 aromatic carbocycles. The molecule has 0 aliphatic carbocycles. The Labute approximate surface area is 152 Å². The second-order valence-electron chi connectivity index (χ2n) is 5.28. The second kappa shape index (κ2) is 11.8. The SMILES string of the molecule is O=P(O)(O)OC[C@@H](O)[C@@H](O)[C@@H](O)COP(=O)(O)OC[C@@H](O)[C@@H](O)[C@@H](O)CO. The molecule has 0 rings (SSSR count). The van der Waals surface area contributed by atoms with Gasteiger partial charge in [-0.05, 0) is 0 Å². The predicted octanol–water partition coefficient (Wildman–Crippen LogP) is -4.61. The zero-order valence-electron chi connectivity index (χ0n) is 13.7. The summed E-state index contributed by atoms with van der Waals surface area (Å²) in [6, 6.07) is 0. The Hall–Kier alpha value is -0.0600. The van der Waals surface area contributed by atoms with Crippen LogP contribution < -0.4 is 0 Å². The van der Waals surface area contributed by atoms with Crippen molar-refractivity contribution in [3.63, 3.8) is 0 Å². The average molecular weight is 446 g/mol. The van der Waals surface area contributed by atoms with Gasteiger partial charge in [-0.3, -0.25) is 13.6 Å². The summed E-state index contributed by atoms with van der Waals surface area (Å²) in [5, 5.41) is 64.8. The van der Waals surface area contributed by atoms with E-state index >= 15 is 0 Å². The van der Waals surface area contributed by atoms with Crippen LogP contribution in [0.25, 0.3) is 0 Å². The number of phosphoric acid groups is 2. The van der Waals surface area contributed by atoms with Gasteiger partial charge in [0.25, 0.3) is 0 Å². The van der Waals surface area contributed by atoms with E-state index in [1.54, 1.807) is 0 Å². The minimum atomic E-state index is -4.93. The Bertz CT molecular complexity index is 511. The molecule has 15 nitrogen and oxygen atoms in total. The molecule has 0 saturated heterocycles. The van der Waals surface area contributed by atoms with Crippen LogP contribution in [-0.2, 0) is 22.7 Å². The highest BCUT2D eigenvalue weighted by Crippen LogP contribution is 2.43. The van der Waals surface area contributed by atoms with E-state index in [2.05, 4.69) is 13.6 Å². The van der Waals surface area contributed by atoms with Gasteiger partial charge in [0.05, 0.1) is 26.4 Å². The summed E-state index contributed by atoms with van der Waals surface area (Å²) in [5.41, 5.74) is 0. The first kappa shape index (κ1) is 26.9. The molecule has 0 fully saturated rings. The van der Waals surface area contributed by atoms with Crippen molar-refractivity contribution in [2.24, 2.45) is 0 Å². The molecule has 0 bridgehead atoms. The standard InChI is InChI=1S/C10H24O15P2/c11-1-5(12)9(16)7(14)3-24-27(21,22)25-4-8(15)10(17)6(13)2-23-26(18,19)20/h5-17H,1-4H2,(H,21,22)(H2,18,19,20)/t5-,6+,7+,8-,9-,10+/m0/s1. The molecule has 10 N–H and O–H groups in total. The summed E-state index contributed by atoms with van der Waals surface area (Å²) in [4.78, 5) is 26.2. The first-order valence-corrected chi connectivity index (χ1v) is 10.2. The lowest BCUT2D eigenvalue weighted by Gasteiger charge is -2.24. The predicted molar refractivity (Wildman–Crippen MR) is 82.9 cm³/mol. The maximum absolute atomic E-state index is 11.6. The number of aliphatic hydroxyl groups excluding tert-OH is 7. The van der Waals surface area contributed by atoms with Crippen molar-refractivity contribution in [1.29, 1.82) is 0 Å². The third kappa shape index (κ3) is 11.5. The highest BCUT2D eigenvalue weighted by molar-refractivity contribution is 7.47. The average Bonchev–Trinajstić information content (AvgIpc) is 2.59. The normalized spacial score (nSPS) is 21.7. The molecule has 164 valence electrons. The molecule has 0 saturated carbocycles. The number of rotatable bonds is 14. The van der Waals surface area contributed by atoms with Gasteiger partial charge >= 0.3 is 15.6 Å². The fourth-order valence-electron chi connectivity index (χ4n) is 1.47. The summed E-state index contributed by atoms with van der Waals surface area (Å²) in [6.45, 7) is -4.06. The number of hydrogen-bond acceptors (Lipinski definition) is 12. The molecule has 0 radical (unpaired) electrons. The van der Waals surface area contributed by atoms with E-state index in [1.807, 2.05) is 0 Å². The van der Waals surface area contributed by atoms with Gasteiger partial charge in [-0.15, -0.1) is 0 Å². The van der Waals surface area contributed by atoms with Crippen LogP contribution in [0.3, 0.4) is 0 Å². The van der Waals surface area contributed by atoms with Crippen LogP contribution in [0, 0.1) is 0 Å². The summed E-state index contributed by atoms with van der Waals surface area (Å²) in [6.07, 6.45) is -11.6. The zero-order chi connectivity index (χ0) is 21.4. The molecule has 7 atom stereocenters. The van der Waals surface area contributed by atoms with Crippen LogP contribution in [0.1, 0.15) is 0 Å². The molecule has 0 aromatic heterocycles. The minimum Gasteiger partial charge on any atom is -0.394 e. The molecule has 1 unspecified atom stereocenters. The molecule has 27 heavy (non-hydrogen) atoms. The van der Waals surface area contributed by atoms with Crippen molar-refractivity contribution >= 4 is 15.6 Å². The van der Waals surface area contributed by atoms with Crippen molar-refractivity contribution in [1.82, 2.24) is 0 Å². The summed E-state index contributed by atoms with van der Waals surface area (Å²) in [5.74, 6) is 0. The highest BCUT2D eigenvalue weighted by atomic mass is 31.2. The van der Waals surface area contributed by atoms with E-state index in [9.17, 15) is 39.6 Å². The maximum Gasteiger partial charge on any atom is 0.472 e. The summed E-state index contributed by atoms with van der Waals surface area (Å²) in [7, 11) is -9.85. The van der Waals surface area contributed by atoms with Gasteiger partial charge in [0, 0.05) is 0 Å². The van der Waals surface area contributed by atoms with Crippen LogP contribution in [0.2, 0.25) is 0 Å². The van der Waals surface area contributed by atoms with E-state index < -0.39 is 78.7 Å². The van der Waals surface area contributed by atoms with E-state index in [0.717, 1.165) is 0 Å². The Morgan fingerprint density at radius 2 is 0.963 bits per heavy atom. The Kier molecular flexibility index (Phi) is 11.8. The molecule has 0 aliphatic heterocycles. The molecule has 0 aliphatic rings. The molecular formula is C10H24O15P2. The first-order valence-electron chi connectivity index (χ1n) is 7.21. The third-order valence-corrected chi connectivity index (χ3v) is 4.43. The lowest BCUT2D eigenvalue weighted by molar-refractivity contribution is -0.0960. The Morgan fingerprint density at radius 3 is 1.30 bits per heavy atom. The molecule has 0 aromatic rings. The lowest BCUT2D eigenvalue weighted by atomic mass is 10.1. The fourth-order valence-corrected chi connectivity index (χ4v) is 2.57. The summed E-state index contributed by atoms with van der Waals surface area (Å²) < 4.78 is 34.5. The number of phosphoric ester groups is 2. The van der Waals surface area contributed by atoms with E-state index in [0.29, 0.717) is 0 Å². The van der Waals surface area contributed by atoms with E-state index in [-0.39, 0.29) is 0 Å². The quantitative estimate of drug-likeness (QED) is 0.112. The topological polar surface area (TPSA) is 264 Å². The largest absolute Gasteiger partial charge is 0.472 e. The maximum atomic E-state index is 11.6. The van der Waals surface area contributed by atoms with Gasteiger partial charge in [-0.1, -0.05) is 0 Å². The van der Waals surface area contributed by atoms with Crippen LogP contribution in [-0.4, -0.2) is 113 Å². The third-order valence-electron chi connectivity index (χ3n) is 2.99. The van der Waals surface area contributed by atoms with Gasteiger partial charge in [0.15, 0.2) is 0 Å². The molecule has 17 heteroatoms. The number of aliphatic hydroxyl groups is 7. The Morgan fingerprint density at radius 1 is 0.630 bits per heavy atom. The second-order valence-corrected chi connectivity index (χ2v) is 7.97. The zero-order valence-corrected chi connectivity index (χ0v) is 15.5. The Balaban J connectivity index is 4.41. The fraction of sp³-hybridized carbons (Fsp3) is 1.00. The molecule has 0 amide bonds. The van der Waals surface area contributed by atoms with Crippen molar-refractivity contribution in [2.75, 3.05) is 26.4 Å². The van der Waals surface area contributed by atoms with E-state index in [1.165, 1.54) is 0 Å². The van der Waals surface area contributed by atoms with Gasteiger partial charge in [-0.2, -0.15) is 0 Å². The van der Waals surface area contributed by atoms with Gasteiger partial charge < -0.3 is 50.4 Å². The van der Waals surface area contributed by atoms with Crippen molar-refractivity contribution in [3.05, 3.63) is 0 Å². The summed E-state index contributed by atoms with van der Waals surface area (Å²) >= 11 is 0. The van der Waals surface area contributed by atoms with Crippen LogP contribution in [0.5, 0.6) is 0 Å². The molecule has 0 heterocycles. The van der Waals surface area contributed by atoms with Crippen LogP contribution >= 0.6 is 15.6 Å². The minimum absolute atomic E-state index is 0.899. The van der Waals surface area contributed by atoms with Crippen molar-refractivity contribution in [3.8, 4) is 0 Å². The van der Waals surface area contributed by atoms with Crippen molar-refractivity contribution < 1.29 is 73.1 Å². The highest BCUT2D eigenvalue weighted by Gasteiger charge is 2.32. The lowest BCUT2D eigenvalue weighted by Crippen LogP contribution is -2.42. The van der Waals surface area contributed by atoms with Crippen molar-refractivity contribution in [2.45, 2.75) is 36.6 Å². The van der Waals surface area contributed by atoms with E-state index in [4.69, 9.17) is 20.0 Å². The monoisotopic (exact) mass is 446 g/mol. The number of hydrogen-bond donors (Lipinski definition) is 10. The first-order chi connectivity index (χ1) is 12.2. The van der Waals surface area contributed by atoms with Crippen LogP contribution in [0.4, 0.5) is 0 Å². The molecular weight excluding hydrogens is 422 g/mol. The smallest absolute Gasteiger partial charge is 0.394 e.